The molecule has 3 N–H and O–H groups in total. The third-order valence-electron chi connectivity index (χ3n) is 2.41. The van der Waals surface area contributed by atoms with Crippen LogP contribution >= 0.6 is 15.9 Å². The molecule has 2 aromatic rings. The molecule has 0 radical (unpaired) electrons. The number of nitrogens with one attached hydrogen (secondary N) is 2. The van der Waals surface area contributed by atoms with Crippen molar-refractivity contribution in [3.63, 3.8) is 0 Å². The minimum Gasteiger partial charge on any atom is -0.478 e. The van der Waals surface area contributed by atoms with Crippen molar-refractivity contribution >= 4 is 37.7 Å². The molecule has 0 fully saturated rings. The second kappa shape index (κ2) is 5.25. The fraction of sp³-hybridized carbons (Fsp3) is 0.0909. The van der Waals surface area contributed by atoms with Crippen LogP contribution in [0, 0.1) is 6.92 Å². The minimum atomic E-state index is -3.85. The number of aryl methyl sites for hydroxylation is 1. The van der Waals surface area contributed by atoms with Gasteiger partial charge in [-0.05, 0) is 41.1 Å². The molecule has 0 atom stereocenters. The molecular weight excluding hydrogens is 350 g/mol. The first-order valence-corrected chi connectivity index (χ1v) is 7.65. The first-order chi connectivity index (χ1) is 9.29. The molecule has 106 valence electrons. The van der Waals surface area contributed by atoms with Gasteiger partial charge in [-0.25, -0.2) is 13.2 Å². The highest BCUT2D eigenvalue weighted by molar-refractivity contribution is 9.10. The van der Waals surface area contributed by atoms with Gasteiger partial charge in [-0.2, -0.15) is 5.10 Å². The highest BCUT2D eigenvalue weighted by Gasteiger charge is 2.20. The number of aromatic amines is 1. The number of nitrogens with zero attached hydrogens (tertiary/aromatic N) is 1. The molecule has 0 aliphatic carbocycles. The number of carbonyl (C=O) groups is 1. The number of H-pyrrole nitrogens is 1. The molecule has 0 bridgehead atoms. The number of aromatic nitrogens is 2. The highest BCUT2D eigenvalue weighted by Crippen LogP contribution is 2.25. The Labute approximate surface area is 123 Å². The lowest BCUT2D eigenvalue weighted by Gasteiger charge is -2.08. The smallest absolute Gasteiger partial charge is 0.335 e. The Morgan fingerprint density at radius 2 is 2.10 bits per heavy atom. The van der Waals surface area contributed by atoms with Crippen molar-refractivity contribution in [2.75, 3.05) is 4.72 Å². The molecule has 0 aliphatic rings. The normalized spacial score (nSPS) is 11.3. The maximum Gasteiger partial charge on any atom is 0.335 e. The molecule has 0 saturated heterocycles. The number of rotatable bonds is 4. The molecular formula is C11H10BrN3O4S. The highest BCUT2D eigenvalue weighted by atomic mass is 79.9. The lowest BCUT2D eigenvalue weighted by molar-refractivity contribution is 0.0696. The summed E-state index contributed by atoms with van der Waals surface area (Å²) in [5.41, 5.74) is 0.703. The monoisotopic (exact) mass is 359 g/mol. The Kier molecular flexibility index (Phi) is 3.82. The molecule has 7 nitrogen and oxygen atoms in total. The zero-order chi connectivity index (χ0) is 14.9. The van der Waals surface area contributed by atoms with Crippen LogP contribution < -0.4 is 4.72 Å². The first kappa shape index (κ1) is 14.5. The van der Waals surface area contributed by atoms with Crippen LogP contribution in [0.15, 0.2) is 33.6 Å². The number of hydrogen-bond acceptors (Lipinski definition) is 4. The fourth-order valence-corrected chi connectivity index (χ4v) is 3.59. The zero-order valence-electron chi connectivity index (χ0n) is 10.2. The van der Waals surface area contributed by atoms with Crippen LogP contribution in [0.3, 0.4) is 0 Å². The predicted octanol–water partition coefficient (Wildman–Crippen LogP) is 1.98. The van der Waals surface area contributed by atoms with E-state index in [0.29, 0.717) is 5.69 Å². The number of hydrogen-bond donors (Lipinski definition) is 3. The van der Waals surface area contributed by atoms with E-state index in [4.69, 9.17) is 5.11 Å². The summed E-state index contributed by atoms with van der Waals surface area (Å²) < 4.78 is 26.8. The zero-order valence-corrected chi connectivity index (χ0v) is 12.6. The van der Waals surface area contributed by atoms with Crippen molar-refractivity contribution in [3.8, 4) is 0 Å². The van der Waals surface area contributed by atoms with Gasteiger partial charge < -0.3 is 5.11 Å². The maximum atomic E-state index is 12.2. The maximum absolute atomic E-state index is 12.2. The van der Waals surface area contributed by atoms with Crippen molar-refractivity contribution in [1.82, 2.24) is 10.2 Å². The lowest BCUT2D eigenvalue weighted by Crippen LogP contribution is -2.14. The molecule has 0 saturated carbocycles. The lowest BCUT2D eigenvalue weighted by atomic mass is 10.2. The predicted molar refractivity (Wildman–Crippen MR) is 75.2 cm³/mol. The van der Waals surface area contributed by atoms with Crippen LogP contribution in [-0.2, 0) is 10.0 Å². The number of halogens is 1. The van der Waals surface area contributed by atoms with Crippen LogP contribution in [0.25, 0.3) is 0 Å². The van der Waals surface area contributed by atoms with Crippen molar-refractivity contribution in [1.29, 1.82) is 0 Å². The number of anilines is 1. The van der Waals surface area contributed by atoms with Crippen molar-refractivity contribution in [2.24, 2.45) is 0 Å². The van der Waals surface area contributed by atoms with E-state index < -0.39 is 16.0 Å². The van der Waals surface area contributed by atoms with E-state index in [9.17, 15) is 13.2 Å². The molecule has 1 heterocycles. The van der Waals surface area contributed by atoms with Crippen molar-refractivity contribution in [3.05, 3.63) is 40.0 Å². The standard InChI is InChI=1S/C11H10BrN3O4S/c1-6-4-10(14-13-6)15-20(18,19)9-3-2-7(11(16)17)5-8(9)12/h2-5H,1H3,(H,16,17)(H2,13,14,15). The average Bonchev–Trinajstić information content (AvgIpc) is 2.73. The van der Waals surface area contributed by atoms with Crippen LogP contribution in [0.1, 0.15) is 16.1 Å². The number of carboxylic acid groups (broad SMARTS) is 1. The van der Waals surface area contributed by atoms with Gasteiger partial charge in [0.05, 0.1) is 5.56 Å². The SMILES string of the molecule is Cc1cc(NS(=O)(=O)c2ccc(C(=O)O)cc2Br)n[nH]1. The quantitative estimate of drug-likeness (QED) is 0.772. The largest absolute Gasteiger partial charge is 0.478 e. The molecule has 9 heteroatoms. The molecule has 0 spiro atoms. The van der Waals surface area contributed by atoms with Crippen molar-refractivity contribution in [2.45, 2.75) is 11.8 Å². The summed E-state index contributed by atoms with van der Waals surface area (Å²) in [6, 6.07) is 5.20. The Bertz CT molecular complexity index is 770. The molecule has 0 unspecified atom stereocenters. The summed E-state index contributed by atoms with van der Waals surface area (Å²) in [4.78, 5) is 10.7. The molecule has 0 amide bonds. The van der Waals surface area contributed by atoms with E-state index in [2.05, 4.69) is 30.8 Å². The summed E-state index contributed by atoms with van der Waals surface area (Å²) in [5.74, 6) is -0.970. The molecule has 2 rings (SSSR count). The van der Waals surface area contributed by atoms with Crippen molar-refractivity contribution < 1.29 is 18.3 Å². The first-order valence-electron chi connectivity index (χ1n) is 5.37. The van der Waals surface area contributed by atoms with Gasteiger partial charge in [-0.15, -0.1) is 0 Å². The molecule has 20 heavy (non-hydrogen) atoms. The second-order valence-corrected chi connectivity index (χ2v) is 6.50. The third kappa shape index (κ3) is 2.99. The molecule has 1 aromatic heterocycles. The Balaban J connectivity index is 2.37. The summed E-state index contributed by atoms with van der Waals surface area (Å²) in [7, 11) is -3.85. The average molecular weight is 360 g/mol. The topological polar surface area (TPSA) is 112 Å². The van der Waals surface area contributed by atoms with Crippen LogP contribution in [0.2, 0.25) is 0 Å². The van der Waals surface area contributed by atoms with E-state index >= 15 is 0 Å². The van der Waals surface area contributed by atoms with Gasteiger partial charge in [0.2, 0.25) is 0 Å². The minimum absolute atomic E-state index is 0.00793. The third-order valence-corrected chi connectivity index (χ3v) is 4.74. The molecule has 0 aliphatic heterocycles. The number of benzene rings is 1. The Morgan fingerprint density at radius 1 is 1.40 bits per heavy atom. The molecule has 1 aromatic carbocycles. The van der Waals surface area contributed by atoms with Gasteiger partial charge >= 0.3 is 5.97 Å². The van der Waals surface area contributed by atoms with Gasteiger partial charge in [0.25, 0.3) is 10.0 Å². The van der Waals surface area contributed by atoms with E-state index in [1.807, 2.05) is 0 Å². The number of carboxylic acids is 1. The summed E-state index contributed by atoms with van der Waals surface area (Å²) >= 11 is 3.06. The van der Waals surface area contributed by atoms with E-state index in [1.54, 1.807) is 6.92 Å². The second-order valence-electron chi connectivity index (χ2n) is 3.99. The van der Waals surface area contributed by atoms with Crippen LogP contribution in [-0.4, -0.2) is 29.7 Å². The summed E-state index contributed by atoms with van der Waals surface area (Å²) in [6.45, 7) is 1.74. The number of sulfonamides is 1. The summed E-state index contributed by atoms with van der Waals surface area (Å²) in [5, 5.41) is 15.2. The summed E-state index contributed by atoms with van der Waals surface area (Å²) in [6.07, 6.45) is 0. The van der Waals surface area contributed by atoms with Gasteiger partial charge in [-0.1, -0.05) is 0 Å². The van der Waals surface area contributed by atoms with Gasteiger partial charge in [-0.3, -0.25) is 9.82 Å². The van der Waals surface area contributed by atoms with Gasteiger partial charge in [0.1, 0.15) is 4.90 Å². The number of aromatic carboxylic acids is 1. The van der Waals surface area contributed by atoms with Crippen LogP contribution in [0.5, 0.6) is 0 Å². The fourth-order valence-electron chi connectivity index (χ4n) is 1.51. The van der Waals surface area contributed by atoms with E-state index in [1.165, 1.54) is 24.3 Å². The van der Waals surface area contributed by atoms with Gasteiger partial charge in [0.15, 0.2) is 5.82 Å². The Morgan fingerprint density at radius 3 is 2.60 bits per heavy atom. The van der Waals surface area contributed by atoms with Gasteiger partial charge in [0, 0.05) is 16.2 Å². The van der Waals surface area contributed by atoms with E-state index in [-0.39, 0.29) is 20.7 Å². The van der Waals surface area contributed by atoms with Crippen LogP contribution in [0.4, 0.5) is 5.82 Å². The Hall–Kier alpha value is -1.87. The van der Waals surface area contributed by atoms with E-state index in [0.717, 1.165) is 0 Å².